The normalized spacial score (nSPS) is 22.2. The van der Waals surface area contributed by atoms with Crippen molar-refractivity contribution in [1.29, 1.82) is 0 Å². The minimum absolute atomic E-state index is 0.00452. The topological polar surface area (TPSA) is 78.4 Å². The molecule has 2 atom stereocenters. The largest absolute Gasteiger partial charge is 0.481 e. The zero-order chi connectivity index (χ0) is 14.5. The molecule has 1 saturated heterocycles. The van der Waals surface area contributed by atoms with E-state index in [1.54, 1.807) is 24.3 Å². The summed E-state index contributed by atoms with van der Waals surface area (Å²) in [5, 5.41) is 14.8. The molecule has 3 N–H and O–H groups in total. The van der Waals surface area contributed by atoms with E-state index in [-0.39, 0.29) is 18.4 Å². The van der Waals surface area contributed by atoms with E-state index < -0.39 is 5.97 Å². The van der Waals surface area contributed by atoms with Crippen LogP contribution in [0.25, 0.3) is 0 Å². The SMILES string of the molecule is CC1CCCNC1C(=O)Nc1ccc(CC(=O)O)cc1. The third-order valence-corrected chi connectivity index (χ3v) is 3.63. The van der Waals surface area contributed by atoms with Crippen molar-refractivity contribution in [2.45, 2.75) is 32.2 Å². The minimum Gasteiger partial charge on any atom is -0.481 e. The van der Waals surface area contributed by atoms with Gasteiger partial charge in [-0.2, -0.15) is 0 Å². The van der Waals surface area contributed by atoms with Gasteiger partial charge in [-0.25, -0.2) is 0 Å². The highest BCUT2D eigenvalue weighted by molar-refractivity contribution is 5.95. The second kappa shape index (κ2) is 6.52. The van der Waals surface area contributed by atoms with Gasteiger partial charge in [-0.1, -0.05) is 19.1 Å². The zero-order valence-electron chi connectivity index (χ0n) is 11.6. The third-order valence-electron chi connectivity index (χ3n) is 3.63. The van der Waals surface area contributed by atoms with E-state index in [0.717, 1.165) is 24.9 Å². The van der Waals surface area contributed by atoms with Crippen molar-refractivity contribution in [1.82, 2.24) is 5.32 Å². The third kappa shape index (κ3) is 3.81. The lowest BCUT2D eigenvalue weighted by Gasteiger charge is -2.28. The highest BCUT2D eigenvalue weighted by Crippen LogP contribution is 2.18. The minimum atomic E-state index is -0.859. The van der Waals surface area contributed by atoms with Gasteiger partial charge >= 0.3 is 5.97 Å². The van der Waals surface area contributed by atoms with Crippen LogP contribution in [0.3, 0.4) is 0 Å². The maximum absolute atomic E-state index is 12.2. The van der Waals surface area contributed by atoms with Crippen LogP contribution in [-0.2, 0) is 16.0 Å². The molecule has 0 saturated carbocycles. The van der Waals surface area contributed by atoms with Gasteiger partial charge in [-0.3, -0.25) is 9.59 Å². The van der Waals surface area contributed by atoms with E-state index >= 15 is 0 Å². The summed E-state index contributed by atoms with van der Waals surface area (Å²) >= 11 is 0. The van der Waals surface area contributed by atoms with E-state index in [9.17, 15) is 9.59 Å². The Balaban J connectivity index is 1.95. The molecule has 5 heteroatoms. The summed E-state index contributed by atoms with van der Waals surface area (Å²) in [6, 6.07) is 6.78. The van der Waals surface area contributed by atoms with E-state index in [1.807, 2.05) is 0 Å². The predicted octanol–water partition coefficient (Wildman–Crippen LogP) is 1.64. The molecule has 20 heavy (non-hydrogen) atoms. The lowest BCUT2D eigenvalue weighted by molar-refractivity contribution is -0.136. The summed E-state index contributed by atoms with van der Waals surface area (Å²) in [6.07, 6.45) is 2.16. The summed E-state index contributed by atoms with van der Waals surface area (Å²) in [7, 11) is 0. The fourth-order valence-electron chi connectivity index (χ4n) is 2.50. The number of amides is 1. The molecule has 0 bridgehead atoms. The van der Waals surface area contributed by atoms with Crippen LogP contribution in [0.4, 0.5) is 5.69 Å². The Morgan fingerprint density at radius 1 is 1.35 bits per heavy atom. The summed E-state index contributed by atoms with van der Waals surface area (Å²) in [6.45, 7) is 2.95. The summed E-state index contributed by atoms with van der Waals surface area (Å²) < 4.78 is 0. The number of carboxylic acids is 1. The van der Waals surface area contributed by atoms with Crippen molar-refractivity contribution in [3.63, 3.8) is 0 Å². The van der Waals surface area contributed by atoms with Crippen LogP contribution in [0.15, 0.2) is 24.3 Å². The number of piperidine rings is 1. The van der Waals surface area contributed by atoms with E-state index in [0.29, 0.717) is 11.6 Å². The number of carbonyl (C=O) groups is 2. The first kappa shape index (κ1) is 14.5. The Bertz CT molecular complexity index is 484. The maximum atomic E-state index is 12.2. The molecule has 0 aliphatic carbocycles. The molecule has 2 unspecified atom stereocenters. The molecule has 1 fully saturated rings. The lowest BCUT2D eigenvalue weighted by Crippen LogP contribution is -2.48. The number of aliphatic carboxylic acids is 1. The standard InChI is InChI=1S/C15H20N2O3/c1-10-3-2-8-16-14(10)15(20)17-12-6-4-11(5-7-12)9-13(18)19/h4-7,10,14,16H,2-3,8-9H2,1H3,(H,17,20)(H,18,19). The number of carbonyl (C=O) groups excluding carboxylic acids is 1. The first-order valence-corrected chi connectivity index (χ1v) is 6.91. The molecule has 1 aromatic carbocycles. The number of rotatable bonds is 4. The number of hydrogen-bond donors (Lipinski definition) is 3. The Morgan fingerprint density at radius 3 is 2.65 bits per heavy atom. The molecule has 1 aliphatic heterocycles. The van der Waals surface area contributed by atoms with Crippen LogP contribution in [0.2, 0.25) is 0 Å². The molecule has 0 aromatic heterocycles. The first-order valence-electron chi connectivity index (χ1n) is 6.91. The van der Waals surface area contributed by atoms with Gasteiger partial charge in [0.1, 0.15) is 0 Å². The highest BCUT2D eigenvalue weighted by Gasteiger charge is 2.27. The molecule has 108 valence electrons. The van der Waals surface area contributed by atoms with Crippen LogP contribution < -0.4 is 10.6 Å². The van der Waals surface area contributed by atoms with Gasteiger partial charge in [0.15, 0.2) is 0 Å². The average Bonchev–Trinajstić information content (AvgIpc) is 2.41. The van der Waals surface area contributed by atoms with Crippen molar-refractivity contribution in [3.05, 3.63) is 29.8 Å². The zero-order valence-corrected chi connectivity index (χ0v) is 11.6. The van der Waals surface area contributed by atoms with Gasteiger partial charge in [0.2, 0.25) is 5.91 Å². The van der Waals surface area contributed by atoms with Gasteiger partial charge in [0.05, 0.1) is 12.5 Å². The van der Waals surface area contributed by atoms with Gasteiger partial charge in [0.25, 0.3) is 0 Å². The van der Waals surface area contributed by atoms with Gasteiger partial charge < -0.3 is 15.7 Å². The van der Waals surface area contributed by atoms with Crippen molar-refractivity contribution >= 4 is 17.6 Å². The summed E-state index contributed by atoms with van der Waals surface area (Å²) in [5.41, 5.74) is 1.42. The summed E-state index contributed by atoms with van der Waals surface area (Å²) in [4.78, 5) is 22.8. The molecule has 0 spiro atoms. The first-order chi connectivity index (χ1) is 9.56. The van der Waals surface area contributed by atoms with E-state index in [2.05, 4.69) is 17.6 Å². The van der Waals surface area contributed by atoms with E-state index in [4.69, 9.17) is 5.11 Å². The summed E-state index contributed by atoms with van der Waals surface area (Å²) in [5.74, 6) is -0.555. The Morgan fingerprint density at radius 2 is 2.05 bits per heavy atom. The Labute approximate surface area is 118 Å². The molecule has 2 rings (SSSR count). The fraction of sp³-hybridized carbons (Fsp3) is 0.467. The number of benzene rings is 1. The van der Waals surface area contributed by atoms with Crippen LogP contribution in [-0.4, -0.2) is 29.6 Å². The molecular formula is C15H20N2O3. The van der Waals surface area contributed by atoms with Crippen LogP contribution in [0, 0.1) is 5.92 Å². The monoisotopic (exact) mass is 276 g/mol. The van der Waals surface area contributed by atoms with Gasteiger partial charge in [-0.05, 0) is 43.0 Å². The van der Waals surface area contributed by atoms with Crippen molar-refractivity contribution in [3.8, 4) is 0 Å². The van der Waals surface area contributed by atoms with Crippen LogP contribution in [0.1, 0.15) is 25.3 Å². The van der Waals surface area contributed by atoms with Gasteiger partial charge in [0, 0.05) is 5.69 Å². The Kier molecular flexibility index (Phi) is 4.74. The molecular weight excluding hydrogens is 256 g/mol. The quantitative estimate of drug-likeness (QED) is 0.781. The number of nitrogens with one attached hydrogen (secondary N) is 2. The lowest BCUT2D eigenvalue weighted by atomic mass is 9.92. The number of hydrogen-bond acceptors (Lipinski definition) is 3. The average molecular weight is 276 g/mol. The smallest absolute Gasteiger partial charge is 0.307 e. The van der Waals surface area contributed by atoms with Crippen molar-refractivity contribution in [2.24, 2.45) is 5.92 Å². The molecule has 1 aliphatic rings. The molecule has 5 nitrogen and oxygen atoms in total. The van der Waals surface area contributed by atoms with Crippen LogP contribution in [0.5, 0.6) is 0 Å². The highest BCUT2D eigenvalue weighted by atomic mass is 16.4. The second-order valence-electron chi connectivity index (χ2n) is 5.31. The molecule has 1 amide bonds. The van der Waals surface area contributed by atoms with E-state index in [1.165, 1.54) is 0 Å². The molecule has 0 radical (unpaired) electrons. The van der Waals surface area contributed by atoms with Crippen molar-refractivity contribution < 1.29 is 14.7 Å². The number of carboxylic acid groups (broad SMARTS) is 1. The number of anilines is 1. The van der Waals surface area contributed by atoms with Crippen LogP contribution >= 0.6 is 0 Å². The Hall–Kier alpha value is -1.88. The predicted molar refractivity (Wildman–Crippen MR) is 76.6 cm³/mol. The van der Waals surface area contributed by atoms with Crippen molar-refractivity contribution in [2.75, 3.05) is 11.9 Å². The maximum Gasteiger partial charge on any atom is 0.307 e. The second-order valence-corrected chi connectivity index (χ2v) is 5.31. The fourth-order valence-corrected chi connectivity index (χ4v) is 2.50. The molecule has 1 aromatic rings. The van der Waals surface area contributed by atoms with Gasteiger partial charge in [-0.15, -0.1) is 0 Å². The molecule has 1 heterocycles.